The number of ether oxygens (including phenoxy) is 1. The Hall–Kier alpha value is -2.30. The van der Waals surface area contributed by atoms with Crippen LogP contribution in [0.15, 0.2) is 41.1 Å². The molecule has 0 aliphatic heterocycles. The Morgan fingerprint density at radius 3 is 2.53 bits per heavy atom. The van der Waals surface area contributed by atoms with Gasteiger partial charge in [0.25, 0.3) is 5.91 Å². The topological polar surface area (TPSA) is 76.7 Å². The van der Waals surface area contributed by atoms with Gasteiger partial charge in [-0.1, -0.05) is 6.92 Å². The largest absolute Gasteiger partial charge is 0.462 e. The molecule has 1 aromatic carbocycles. The second-order valence-corrected chi connectivity index (χ2v) is 3.82. The van der Waals surface area contributed by atoms with Crippen molar-refractivity contribution in [1.29, 1.82) is 0 Å². The van der Waals surface area contributed by atoms with Gasteiger partial charge in [0.2, 0.25) is 0 Å². The number of hydrogen-bond acceptors (Lipinski definition) is 4. The van der Waals surface area contributed by atoms with E-state index in [-0.39, 0.29) is 5.91 Å². The first kappa shape index (κ1) is 14.8. The number of amides is 1. The summed E-state index contributed by atoms with van der Waals surface area (Å²) in [6, 6.07) is 7.08. The van der Waals surface area contributed by atoms with Gasteiger partial charge in [0.15, 0.2) is 0 Å². The number of nitrogens with two attached hydrogens (primary N) is 1. The van der Waals surface area contributed by atoms with Gasteiger partial charge in [0.1, 0.15) is 17.2 Å². The maximum Gasteiger partial charge on any atom is 0.269 e. The molecule has 19 heavy (non-hydrogen) atoms. The number of hydrogen-bond donors (Lipinski definition) is 2. The zero-order valence-electron chi connectivity index (χ0n) is 11.4. The van der Waals surface area contributed by atoms with Crippen molar-refractivity contribution in [2.24, 2.45) is 4.99 Å². The number of anilines is 1. The SMILES string of the molecule is CC/C(=C\C(=NC)C(=O)NC)Oc1ccc(N)cc1. The number of benzene rings is 1. The smallest absolute Gasteiger partial charge is 0.269 e. The van der Waals surface area contributed by atoms with Gasteiger partial charge in [-0.2, -0.15) is 0 Å². The highest BCUT2D eigenvalue weighted by atomic mass is 16.5. The third-order valence-electron chi connectivity index (χ3n) is 2.48. The lowest BCUT2D eigenvalue weighted by Crippen LogP contribution is -2.26. The molecule has 0 heterocycles. The van der Waals surface area contributed by atoms with Gasteiger partial charge in [-0.3, -0.25) is 9.79 Å². The summed E-state index contributed by atoms with van der Waals surface area (Å²) >= 11 is 0. The van der Waals surface area contributed by atoms with Crippen molar-refractivity contribution in [2.45, 2.75) is 13.3 Å². The summed E-state index contributed by atoms with van der Waals surface area (Å²) in [5, 5.41) is 2.53. The summed E-state index contributed by atoms with van der Waals surface area (Å²) in [5.41, 5.74) is 6.61. The average Bonchev–Trinajstić information content (AvgIpc) is 2.44. The lowest BCUT2D eigenvalue weighted by Gasteiger charge is -2.09. The monoisotopic (exact) mass is 261 g/mol. The summed E-state index contributed by atoms with van der Waals surface area (Å²) in [6.45, 7) is 1.94. The second kappa shape index (κ2) is 7.20. The zero-order valence-corrected chi connectivity index (χ0v) is 11.4. The highest BCUT2D eigenvalue weighted by Gasteiger charge is 2.08. The van der Waals surface area contributed by atoms with Crippen LogP contribution >= 0.6 is 0 Å². The summed E-state index contributed by atoms with van der Waals surface area (Å²) in [5.74, 6) is 1.10. The average molecular weight is 261 g/mol. The van der Waals surface area contributed by atoms with E-state index >= 15 is 0 Å². The van der Waals surface area contributed by atoms with Crippen LogP contribution in [-0.4, -0.2) is 25.7 Å². The van der Waals surface area contributed by atoms with E-state index in [1.54, 1.807) is 44.4 Å². The minimum absolute atomic E-state index is 0.241. The molecular weight excluding hydrogens is 242 g/mol. The first-order valence-electron chi connectivity index (χ1n) is 6.03. The number of carbonyl (C=O) groups is 1. The van der Waals surface area contributed by atoms with Crippen molar-refractivity contribution in [3.05, 3.63) is 36.1 Å². The Balaban J connectivity index is 2.88. The fourth-order valence-corrected chi connectivity index (χ4v) is 1.40. The minimum atomic E-state index is -0.241. The van der Waals surface area contributed by atoms with Gasteiger partial charge in [-0.05, 0) is 24.3 Å². The fraction of sp³-hybridized carbons (Fsp3) is 0.286. The highest BCUT2D eigenvalue weighted by molar-refractivity contribution is 6.43. The lowest BCUT2D eigenvalue weighted by atomic mass is 10.2. The van der Waals surface area contributed by atoms with Gasteiger partial charge in [0, 0.05) is 32.3 Å². The molecule has 5 heteroatoms. The predicted molar refractivity (Wildman–Crippen MR) is 77.3 cm³/mol. The normalized spacial score (nSPS) is 12.2. The van der Waals surface area contributed by atoms with E-state index in [9.17, 15) is 4.79 Å². The van der Waals surface area contributed by atoms with Crippen molar-refractivity contribution in [3.63, 3.8) is 0 Å². The summed E-state index contributed by atoms with van der Waals surface area (Å²) < 4.78 is 5.69. The Kier molecular flexibility index (Phi) is 5.60. The van der Waals surface area contributed by atoms with Crippen LogP contribution in [0.3, 0.4) is 0 Å². The van der Waals surface area contributed by atoms with Gasteiger partial charge in [0.05, 0.1) is 0 Å². The molecule has 0 unspecified atom stereocenters. The molecular formula is C14H19N3O2. The van der Waals surface area contributed by atoms with E-state index in [2.05, 4.69) is 10.3 Å². The molecule has 0 aliphatic rings. The molecule has 0 spiro atoms. The molecule has 0 aliphatic carbocycles. The van der Waals surface area contributed by atoms with Crippen LogP contribution in [0.25, 0.3) is 0 Å². The van der Waals surface area contributed by atoms with Crippen LogP contribution in [0.1, 0.15) is 13.3 Å². The minimum Gasteiger partial charge on any atom is -0.462 e. The molecule has 0 atom stereocenters. The zero-order chi connectivity index (χ0) is 14.3. The third-order valence-corrected chi connectivity index (χ3v) is 2.48. The number of nitrogens with zero attached hydrogens (tertiary/aromatic N) is 1. The van der Waals surface area contributed by atoms with Crippen LogP contribution in [0, 0.1) is 0 Å². The fourth-order valence-electron chi connectivity index (χ4n) is 1.40. The van der Waals surface area contributed by atoms with Crippen molar-refractivity contribution in [2.75, 3.05) is 19.8 Å². The Morgan fingerprint density at radius 2 is 2.05 bits per heavy atom. The number of nitrogens with one attached hydrogen (secondary N) is 1. The van der Waals surface area contributed by atoms with E-state index < -0.39 is 0 Å². The number of nitrogen functional groups attached to an aromatic ring is 1. The Morgan fingerprint density at radius 1 is 1.42 bits per heavy atom. The number of allylic oxidation sites excluding steroid dienone is 1. The molecule has 3 N–H and O–H groups in total. The molecule has 1 amide bonds. The number of aliphatic imine (C=N–C) groups is 1. The molecule has 0 aromatic heterocycles. The molecule has 0 fully saturated rings. The number of carbonyl (C=O) groups excluding carboxylic acids is 1. The van der Waals surface area contributed by atoms with Gasteiger partial charge in [-0.15, -0.1) is 0 Å². The van der Waals surface area contributed by atoms with E-state index in [0.29, 0.717) is 29.3 Å². The molecule has 0 bridgehead atoms. The van der Waals surface area contributed by atoms with Crippen LogP contribution in [-0.2, 0) is 4.79 Å². The van der Waals surface area contributed by atoms with E-state index in [0.717, 1.165) is 0 Å². The molecule has 102 valence electrons. The molecule has 1 aromatic rings. The molecule has 0 radical (unpaired) electrons. The second-order valence-electron chi connectivity index (χ2n) is 3.82. The quantitative estimate of drug-likeness (QED) is 0.481. The molecule has 5 nitrogen and oxygen atoms in total. The summed E-state index contributed by atoms with van der Waals surface area (Å²) in [7, 11) is 3.13. The van der Waals surface area contributed by atoms with E-state index in [4.69, 9.17) is 10.5 Å². The standard InChI is InChI=1S/C14H19N3O2/c1-4-11(9-13(16-2)14(18)17-3)19-12-7-5-10(15)6-8-12/h5-9H,4,15H2,1-3H3,(H,17,18)/b11-9+,16-13?. The molecule has 1 rings (SSSR count). The Bertz CT molecular complexity index is 490. The lowest BCUT2D eigenvalue weighted by molar-refractivity contribution is -0.114. The van der Waals surface area contributed by atoms with Gasteiger partial charge >= 0.3 is 0 Å². The van der Waals surface area contributed by atoms with Crippen LogP contribution in [0.2, 0.25) is 0 Å². The van der Waals surface area contributed by atoms with Crippen molar-refractivity contribution in [1.82, 2.24) is 5.32 Å². The maximum absolute atomic E-state index is 11.5. The van der Waals surface area contributed by atoms with E-state index in [1.807, 2.05) is 6.92 Å². The van der Waals surface area contributed by atoms with Gasteiger partial charge in [-0.25, -0.2) is 0 Å². The van der Waals surface area contributed by atoms with Crippen molar-refractivity contribution >= 4 is 17.3 Å². The van der Waals surface area contributed by atoms with Crippen molar-refractivity contribution in [3.8, 4) is 5.75 Å². The van der Waals surface area contributed by atoms with Gasteiger partial charge < -0.3 is 15.8 Å². The van der Waals surface area contributed by atoms with Crippen LogP contribution in [0.4, 0.5) is 5.69 Å². The highest BCUT2D eigenvalue weighted by Crippen LogP contribution is 2.17. The van der Waals surface area contributed by atoms with Crippen LogP contribution in [0.5, 0.6) is 5.75 Å². The summed E-state index contributed by atoms with van der Waals surface area (Å²) in [6.07, 6.45) is 2.29. The third kappa shape index (κ3) is 4.46. The molecule has 0 saturated carbocycles. The first-order valence-corrected chi connectivity index (χ1v) is 6.03. The maximum atomic E-state index is 11.5. The summed E-state index contributed by atoms with van der Waals surface area (Å²) in [4.78, 5) is 15.5. The number of rotatable bonds is 5. The van der Waals surface area contributed by atoms with Crippen molar-refractivity contribution < 1.29 is 9.53 Å². The van der Waals surface area contributed by atoms with E-state index in [1.165, 1.54) is 0 Å². The van der Waals surface area contributed by atoms with Crippen LogP contribution < -0.4 is 15.8 Å². The Labute approximate surface area is 113 Å². The predicted octanol–water partition coefficient (Wildman–Crippen LogP) is 1.76. The molecule has 0 saturated heterocycles. The first-order chi connectivity index (χ1) is 9.10.